The molecule has 1 heterocycles. The fraction of sp³-hybridized carbons (Fsp3) is 0.167. The molecule has 0 amide bonds. The van der Waals surface area contributed by atoms with Crippen molar-refractivity contribution in [1.82, 2.24) is 4.98 Å². The van der Waals surface area contributed by atoms with E-state index in [4.69, 9.17) is 9.15 Å². The normalized spacial score (nSPS) is 10.6. The van der Waals surface area contributed by atoms with Gasteiger partial charge in [-0.1, -0.05) is 24.3 Å². The van der Waals surface area contributed by atoms with E-state index in [1.165, 1.54) is 11.1 Å². The molecule has 0 spiro atoms. The van der Waals surface area contributed by atoms with E-state index < -0.39 is 0 Å². The van der Waals surface area contributed by atoms with Gasteiger partial charge in [-0.2, -0.15) is 0 Å². The lowest BCUT2D eigenvalue weighted by molar-refractivity contribution is 0.300. The van der Waals surface area contributed by atoms with Crippen molar-refractivity contribution in [2.45, 2.75) is 20.5 Å². The summed E-state index contributed by atoms with van der Waals surface area (Å²) in [6.07, 6.45) is 1.64. The molecule has 1 aromatic heterocycles. The second-order valence-corrected chi connectivity index (χ2v) is 5.04. The van der Waals surface area contributed by atoms with Crippen LogP contribution in [0, 0.1) is 13.8 Å². The Bertz CT molecular complexity index is 732. The molecule has 0 aliphatic rings. The molecule has 0 unspecified atom stereocenters. The number of aryl methyl sites for hydroxylation is 2. The Hall–Kier alpha value is -2.55. The smallest absolute Gasteiger partial charge is 0.226 e. The second kappa shape index (κ2) is 5.83. The van der Waals surface area contributed by atoms with Crippen LogP contribution >= 0.6 is 0 Å². The van der Waals surface area contributed by atoms with Crippen molar-refractivity contribution in [3.8, 4) is 17.2 Å². The van der Waals surface area contributed by atoms with Crippen molar-refractivity contribution >= 4 is 0 Å². The van der Waals surface area contributed by atoms with Crippen LogP contribution in [0.15, 0.2) is 59.2 Å². The fourth-order valence-electron chi connectivity index (χ4n) is 2.05. The van der Waals surface area contributed by atoms with Crippen molar-refractivity contribution < 1.29 is 9.15 Å². The quantitative estimate of drug-likeness (QED) is 0.703. The van der Waals surface area contributed by atoms with Gasteiger partial charge in [0.25, 0.3) is 0 Å². The highest BCUT2D eigenvalue weighted by molar-refractivity contribution is 5.52. The van der Waals surface area contributed by atoms with Crippen LogP contribution < -0.4 is 4.74 Å². The number of hydrogen-bond acceptors (Lipinski definition) is 3. The maximum atomic E-state index is 5.75. The molecule has 106 valence electrons. The van der Waals surface area contributed by atoms with Crippen LogP contribution in [-0.4, -0.2) is 4.98 Å². The number of hydrogen-bond donors (Lipinski definition) is 0. The highest BCUT2D eigenvalue weighted by Gasteiger charge is 2.07. The van der Waals surface area contributed by atoms with Crippen molar-refractivity contribution in [3.05, 3.63) is 71.6 Å². The molecule has 0 N–H and O–H groups in total. The van der Waals surface area contributed by atoms with E-state index >= 15 is 0 Å². The first kappa shape index (κ1) is 13.4. The molecule has 3 heteroatoms. The molecule has 0 aliphatic carbocycles. The molecule has 0 saturated heterocycles. The minimum absolute atomic E-state index is 0.402. The third-order valence-electron chi connectivity index (χ3n) is 3.44. The number of ether oxygens (including phenoxy) is 1. The van der Waals surface area contributed by atoms with Gasteiger partial charge in [-0.3, -0.25) is 0 Å². The highest BCUT2D eigenvalue weighted by atomic mass is 16.5. The van der Waals surface area contributed by atoms with Crippen LogP contribution in [0.5, 0.6) is 5.75 Å². The molecule has 2 aromatic carbocycles. The summed E-state index contributed by atoms with van der Waals surface area (Å²) >= 11 is 0. The average Bonchev–Trinajstić information content (AvgIpc) is 2.98. The molecule has 0 aliphatic heterocycles. The number of nitrogens with zero attached hydrogens (tertiary/aromatic N) is 1. The summed E-state index contributed by atoms with van der Waals surface area (Å²) in [6.45, 7) is 4.56. The third-order valence-corrected chi connectivity index (χ3v) is 3.44. The lowest BCUT2D eigenvalue weighted by atomic mass is 10.1. The van der Waals surface area contributed by atoms with Crippen LogP contribution in [0.1, 0.15) is 16.8 Å². The second-order valence-electron chi connectivity index (χ2n) is 5.04. The predicted octanol–water partition coefficient (Wildman–Crippen LogP) is 4.54. The Morgan fingerprint density at radius 3 is 2.57 bits per heavy atom. The zero-order chi connectivity index (χ0) is 14.7. The van der Waals surface area contributed by atoms with E-state index in [1.54, 1.807) is 6.26 Å². The van der Waals surface area contributed by atoms with Crippen molar-refractivity contribution in [1.29, 1.82) is 0 Å². The van der Waals surface area contributed by atoms with Crippen molar-refractivity contribution in [2.75, 3.05) is 0 Å². The Kier molecular flexibility index (Phi) is 3.73. The topological polar surface area (TPSA) is 35.3 Å². The van der Waals surface area contributed by atoms with Crippen LogP contribution in [0.25, 0.3) is 11.5 Å². The van der Waals surface area contributed by atoms with Gasteiger partial charge >= 0.3 is 0 Å². The molecule has 0 fully saturated rings. The van der Waals surface area contributed by atoms with Gasteiger partial charge in [-0.05, 0) is 49.2 Å². The maximum Gasteiger partial charge on any atom is 0.226 e. The monoisotopic (exact) mass is 279 g/mol. The Labute approximate surface area is 124 Å². The fourth-order valence-corrected chi connectivity index (χ4v) is 2.05. The van der Waals surface area contributed by atoms with Crippen LogP contribution in [0.3, 0.4) is 0 Å². The van der Waals surface area contributed by atoms with Gasteiger partial charge < -0.3 is 9.15 Å². The number of benzene rings is 2. The van der Waals surface area contributed by atoms with E-state index in [9.17, 15) is 0 Å². The average molecular weight is 279 g/mol. The summed E-state index contributed by atoms with van der Waals surface area (Å²) < 4.78 is 11.2. The summed E-state index contributed by atoms with van der Waals surface area (Å²) in [4.78, 5) is 4.44. The summed E-state index contributed by atoms with van der Waals surface area (Å²) in [5, 5.41) is 0. The molecule has 3 nitrogen and oxygen atoms in total. The van der Waals surface area contributed by atoms with Crippen LogP contribution in [0.2, 0.25) is 0 Å². The van der Waals surface area contributed by atoms with Crippen molar-refractivity contribution in [2.24, 2.45) is 0 Å². The van der Waals surface area contributed by atoms with Gasteiger partial charge in [0.2, 0.25) is 5.89 Å². The van der Waals surface area contributed by atoms with Gasteiger partial charge in [-0.15, -0.1) is 0 Å². The van der Waals surface area contributed by atoms with E-state index in [1.807, 2.05) is 42.5 Å². The molecule has 0 radical (unpaired) electrons. The SMILES string of the molecule is Cc1ccc(OCc2coc(-c3ccccc3)n2)cc1C. The van der Waals surface area contributed by atoms with E-state index in [0.29, 0.717) is 12.5 Å². The van der Waals surface area contributed by atoms with E-state index in [0.717, 1.165) is 17.0 Å². The van der Waals surface area contributed by atoms with E-state index in [-0.39, 0.29) is 0 Å². The molecular weight excluding hydrogens is 262 g/mol. The molecule has 21 heavy (non-hydrogen) atoms. The first-order chi connectivity index (χ1) is 10.2. The van der Waals surface area contributed by atoms with Gasteiger partial charge in [0, 0.05) is 5.56 Å². The lowest BCUT2D eigenvalue weighted by Crippen LogP contribution is -1.96. The molecule has 3 rings (SSSR count). The van der Waals surface area contributed by atoms with Gasteiger partial charge in [0.05, 0.1) is 0 Å². The first-order valence-electron chi connectivity index (χ1n) is 6.92. The summed E-state index contributed by atoms with van der Waals surface area (Å²) in [5.74, 6) is 1.47. The van der Waals surface area contributed by atoms with Crippen LogP contribution in [0.4, 0.5) is 0 Å². The maximum absolute atomic E-state index is 5.75. The molecular formula is C18H17NO2. The zero-order valence-corrected chi connectivity index (χ0v) is 12.2. The minimum Gasteiger partial charge on any atom is -0.487 e. The third kappa shape index (κ3) is 3.14. The molecule has 0 saturated carbocycles. The summed E-state index contributed by atoms with van der Waals surface area (Å²) in [7, 11) is 0. The summed E-state index contributed by atoms with van der Waals surface area (Å²) in [6, 6.07) is 15.9. The Morgan fingerprint density at radius 1 is 1.00 bits per heavy atom. The lowest BCUT2D eigenvalue weighted by Gasteiger charge is -2.06. The Balaban J connectivity index is 1.69. The number of rotatable bonds is 4. The van der Waals surface area contributed by atoms with Crippen molar-refractivity contribution in [3.63, 3.8) is 0 Å². The van der Waals surface area contributed by atoms with Gasteiger partial charge in [0.1, 0.15) is 24.3 Å². The Morgan fingerprint density at radius 2 is 1.81 bits per heavy atom. The first-order valence-corrected chi connectivity index (χ1v) is 6.92. The van der Waals surface area contributed by atoms with Crippen LogP contribution in [-0.2, 0) is 6.61 Å². The van der Waals surface area contributed by atoms with E-state index in [2.05, 4.69) is 24.9 Å². The largest absolute Gasteiger partial charge is 0.487 e. The standard InChI is InChI=1S/C18H17NO2/c1-13-8-9-17(10-14(13)2)20-11-16-12-21-18(19-16)15-6-4-3-5-7-15/h3-10,12H,11H2,1-2H3. The molecule has 0 bridgehead atoms. The number of oxazole rings is 1. The number of aromatic nitrogens is 1. The highest BCUT2D eigenvalue weighted by Crippen LogP contribution is 2.20. The van der Waals surface area contributed by atoms with Gasteiger partial charge in [-0.25, -0.2) is 4.98 Å². The predicted molar refractivity (Wildman–Crippen MR) is 82.2 cm³/mol. The molecule has 3 aromatic rings. The zero-order valence-electron chi connectivity index (χ0n) is 12.2. The molecule has 0 atom stereocenters. The summed E-state index contributed by atoms with van der Waals surface area (Å²) in [5.41, 5.74) is 4.23. The van der Waals surface area contributed by atoms with Gasteiger partial charge in [0.15, 0.2) is 0 Å². The minimum atomic E-state index is 0.402.